The molecular weight excluding hydrogens is 204 g/mol. The van der Waals surface area contributed by atoms with E-state index in [1.807, 2.05) is 30.3 Å². The molecule has 0 heterocycles. The predicted octanol–water partition coefficient (Wildman–Crippen LogP) is 0.526. The summed E-state index contributed by atoms with van der Waals surface area (Å²) in [4.78, 5) is 13.4. The van der Waals surface area contributed by atoms with Gasteiger partial charge >= 0.3 is 0 Å². The molecule has 3 N–H and O–H groups in total. The highest BCUT2D eigenvalue weighted by Crippen LogP contribution is 2.13. The van der Waals surface area contributed by atoms with Crippen LogP contribution in [0.2, 0.25) is 0 Å². The second kappa shape index (κ2) is 5.63. The Labute approximate surface area is 95.7 Å². The Kier molecular flexibility index (Phi) is 4.46. The average Bonchev–Trinajstić information content (AvgIpc) is 2.36. The lowest BCUT2D eigenvalue weighted by atomic mass is 10.1. The minimum atomic E-state index is -0.666. The van der Waals surface area contributed by atoms with Crippen molar-refractivity contribution >= 4 is 5.91 Å². The largest absolute Gasteiger partial charge is 0.394 e. The van der Waals surface area contributed by atoms with Gasteiger partial charge in [0.2, 0.25) is 5.91 Å². The van der Waals surface area contributed by atoms with Gasteiger partial charge in [0.25, 0.3) is 0 Å². The Morgan fingerprint density at radius 2 is 2.00 bits per heavy atom. The van der Waals surface area contributed by atoms with E-state index in [2.05, 4.69) is 0 Å². The van der Waals surface area contributed by atoms with Crippen molar-refractivity contribution in [2.75, 3.05) is 13.7 Å². The molecule has 0 bridgehead atoms. The Bertz CT molecular complexity index is 340. The number of hydrogen-bond donors (Lipinski definition) is 2. The summed E-state index contributed by atoms with van der Waals surface area (Å²) in [5.41, 5.74) is 6.64. The number of nitrogens with two attached hydrogens (primary N) is 1. The Balaban J connectivity index is 2.75. The molecule has 0 saturated heterocycles. The van der Waals surface area contributed by atoms with Crippen LogP contribution in [0.15, 0.2) is 30.3 Å². The van der Waals surface area contributed by atoms with E-state index in [9.17, 15) is 4.79 Å². The van der Waals surface area contributed by atoms with Crippen LogP contribution in [0.5, 0.6) is 0 Å². The molecule has 4 heteroatoms. The van der Waals surface area contributed by atoms with Crippen molar-refractivity contribution in [3.63, 3.8) is 0 Å². The fourth-order valence-electron chi connectivity index (χ4n) is 1.36. The lowest BCUT2D eigenvalue weighted by Crippen LogP contribution is -2.42. The molecule has 1 aromatic carbocycles. The van der Waals surface area contributed by atoms with Crippen LogP contribution < -0.4 is 5.73 Å². The maximum atomic E-state index is 11.9. The highest BCUT2D eigenvalue weighted by atomic mass is 16.3. The molecule has 16 heavy (non-hydrogen) atoms. The van der Waals surface area contributed by atoms with Gasteiger partial charge in [-0.15, -0.1) is 0 Å². The number of hydrogen-bond acceptors (Lipinski definition) is 3. The smallest absolute Gasteiger partial charge is 0.244 e. The second-order valence-electron chi connectivity index (χ2n) is 3.87. The van der Waals surface area contributed by atoms with Gasteiger partial charge in [-0.3, -0.25) is 4.79 Å². The lowest BCUT2D eigenvalue weighted by Gasteiger charge is -2.26. The number of aliphatic hydroxyl groups is 1. The molecule has 0 saturated carbocycles. The number of amides is 1. The predicted molar refractivity (Wildman–Crippen MR) is 62.7 cm³/mol. The van der Waals surface area contributed by atoms with Crippen molar-refractivity contribution in [2.24, 2.45) is 5.73 Å². The van der Waals surface area contributed by atoms with E-state index in [4.69, 9.17) is 10.8 Å². The summed E-state index contributed by atoms with van der Waals surface area (Å²) in [6, 6.07) is 8.32. The van der Waals surface area contributed by atoms with Crippen molar-refractivity contribution in [1.29, 1.82) is 0 Å². The maximum Gasteiger partial charge on any atom is 0.244 e. The zero-order chi connectivity index (χ0) is 12.1. The molecule has 2 atom stereocenters. The average molecular weight is 222 g/mol. The molecule has 1 aromatic rings. The molecule has 1 rings (SSSR count). The molecule has 0 fully saturated rings. The topological polar surface area (TPSA) is 66.6 Å². The van der Waals surface area contributed by atoms with Gasteiger partial charge in [0, 0.05) is 7.05 Å². The van der Waals surface area contributed by atoms with Crippen LogP contribution in [0.25, 0.3) is 0 Å². The molecule has 0 aliphatic heterocycles. The van der Waals surface area contributed by atoms with Gasteiger partial charge in [-0.1, -0.05) is 30.3 Å². The van der Waals surface area contributed by atoms with Crippen LogP contribution in [0.1, 0.15) is 18.5 Å². The van der Waals surface area contributed by atoms with Gasteiger partial charge in [0.15, 0.2) is 0 Å². The SMILES string of the molecule is CC(CO)N(C)C(=O)[C@@H](N)c1ccccc1. The number of likely N-dealkylation sites (N-methyl/N-ethyl adjacent to an activating group) is 1. The zero-order valence-electron chi connectivity index (χ0n) is 9.63. The monoisotopic (exact) mass is 222 g/mol. The molecular formula is C12H18N2O2. The number of aliphatic hydroxyl groups excluding tert-OH is 1. The first-order valence-corrected chi connectivity index (χ1v) is 5.26. The van der Waals surface area contributed by atoms with Gasteiger partial charge in [-0.2, -0.15) is 0 Å². The van der Waals surface area contributed by atoms with E-state index in [1.54, 1.807) is 14.0 Å². The molecule has 1 amide bonds. The van der Waals surface area contributed by atoms with Gasteiger partial charge in [-0.05, 0) is 12.5 Å². The summed E-state index contributed by atoms with van der Waals surface area (Å²) in [6.45, 7) is 1.71. The minimum Gasteiger partial charge on any atom is -0.394 e. The summed E-state index contributed by atoms with van der Waals surface area (Å²) in [6.07, 6.45) is 0. The highest BCUT2D eigenvalue weighted by Gasteiger charge is 2.22. The van der Waals surface area contributed by atoms with E-state index in [0.29, 0.717) is 0 Å². The summed E-state index contributed by atoms with van der Waals surface area (Å²) in [5, 5.41) is 8.97. The first-order chi connectivity index (χ1) is 7.57. The number of rotatable bonds is 4. The van der Waals surface area contributed by atoms with Gasteiger partial charge < -0.3 is 15.7 Å². The Morgan fingerprint density at radius 3 is 2.50 bits per heavy atom. The van der Waals surface area contributed by atoms with Crippen molar-refractivity contribution in [1.82, 2.24) is 4.90 Å². The van der Waals surface area contributed by atoms with Crippen molar-refractivity contribution in [3.05, 3.63) is 35.9 Å². The van der Waals surface area contributed by atoms with E-state index in [1.165, 1.54) is 4.90 Å². The number of benzene rings is 1. The fraction of sp³-hybridized carbons (Fsp3) is 0.417. The summed E-state index contributed by atoms with van der Waals surface area (Å²) in [7, 11) is 1.64. The quantitative estimate of drug-likeness (QED) is 0.780. The standard InChI is InChI=1S/C12H18N2O2/c1-9(8-15)14(2)12(16)11(13)10-6-4-3-5-7-10/h3-7,9,11,15H,8,13H2,1-2H3/t9?,11-/m0/s1. The molecule has 0 radical (unpaired) electrons. The van der Waals surface area contributed by atoms with E-state index in [-0.39, 0.29) is 18.6 Å². The first-order valence-electron chi connectivity index (χ1n) is 5.26. The van der Waals surface area contributed by atoms with Gasteiger partial charge in [0.05, 0.1) is 12.6 Å². The summed E-state index contributed by atoms with van der Waals surface area (Å²) < 4.78 is 0. The molecule has 88 valence electrons. The van der Waals surface area contributed by atoms with Crippen LogP contribution in [0.3, 0.4) is 0 Å². The molecule has 1 unspecified atom stereocenters. The molecule has 0 aliphatic carbocycles. The number of carbonyl (C=O) groups is 1. The van der Waals surface area contributed by atoms with Crippen molar-refractivity contribution in [3.8, 4) is 0 Å². The van der Waals surface area contributed by atoms with Crippen molar-refractivity contribution < 1.29 is 9.90 Å². The summed E-state index contributed by atoms with van der Waals surface area (Å²) >= 11 is 0. The zero-order valence-corrected chi connectivity index (χ0v) is 9.63. The van der Waals surface area contributed by atoms with E-state index in [0.717, 1.165) is 5.56 Å². The lowest BCUT2D eigenvalue weighted by molar-refractivity contribution is -0.133. The Morgan fingerprint density at radius 1 is 1.44 bits per heavy atom. The Hall–Kier alpha value is -1.39. The molecule has 0 aromatic heterocycles. The second-order valence-corrected chi connectivity index (χ2v) is 3.87. The van der Waals surface area contributed by atoms with Crippen LogP contribution in [0.4, 0.5) is 0 Å². The van der Waals surface area contributed by atoms with E-state index >= 15 is 0 Å². The van der Waals surface area contributed by atoms with Crippen LogP contribution in [-0.2, 0) is 4.79 Å². The van der Waals surface area contributed by atoms with E-state index < -0.39 is 6.04 Å². The fourth-order valence-corrected chi connectivity index (χ4v) is 1.36. The first kappa shape index (κ1) is 12.7. The number of nitrogens with zero attached hydrogens (tertiary/aromatic N) is 1. The minimum absolute atomic E-state index is 0.0657. The normalized spacial score (nSPS) is 14.2. The molecule has 0 aliphatic rings. The van der Waals surface area contributed by atoms with Gasteiger partial charge in [-0.25, -0.2) is 0 Å². The third-order valence-corrected chi connectivity index (χ3v) is 2.70. The molecule has 0 spiro atoms. The molecule has 4 nitrogen and oxygen atoms in total. The van der Waals surface area contributed by atoms with Crippen LogP contribution in [0, 0.1) is 0 Å². The maximum absolute atomic E-state index is 11.9. The third kappa shape index (κ3) is 2.81. The van der Waals surface area contributed by atoms with Crippen molar-refractivity contribution in [2.45, 2.75) is 19.0 Å². The van der Waals surface area contributed by atoms with Crippen LogP contribution >= 0.6 is 0 Å². The van der Waals surface area contributed by atoms with Gasteiger partial charge in [0.1, 0.15) is 6.04 Å². The highest BCUT2D eigenvalue weighted by molar-refractivity contribution is 5.83. The van der Waals surface area contributed by atoms with Crippen LogP contribution in [-0.4, -0.2) is 35.6 Å². The third-order valence-electron chi connectivity index (χ3n) is 2.70. The number of carbonyl (C=O) groups excluding carboxylic acids is 1. The summed E-state index contributed by atoms with van der Waals surface area (Å²) in [5.74, 6) is -0.187.